The average molecular weight is 284 g/mol. The predicted octanol–water partition coefficient (Wildman–Crippen LogP) is 1.36. The van der Waals surface area contributed by atoms with Crippen LogP contribution in [0.2, 0.25) is 5.02 Å². The number of aromatic nitrogens is 1. The van der Waals surface area contributed by atoms with E-state index >= 15 is 0 Å². The van der Waals surface area contributed by atoms with Gasteiger partial charge in [0.25, 0.3) is 0 Å². The minimum absolute atomic E-state index is 0.0495. The summed E-state index contributed by atoms with van der Waals surface area (Å²) in [5.41, 5.74) is 5.78. The molecule has 1 heterocycles. The number of amides is 1. The van der Waals surface area contributed by atoms with Crippen LogP contribution >= 0.6 is 11.6 Å². The third-order valence-corrected chi connectivity index (χ3v) is 3.50. The zero-order valence-electron chi connectivity index (χ0n) is 10.6. The molecule has 1 saturated carbocycles. The molecule has 0 bridgehead atoms. The summed E-state index contributed by atoms with van der Waals surface area (Å²) >= 11 is 5.90. The fraction of sp³-hybridized carbons (Fsp3) is 0.538. The van der Waals surface area contributed by atoms with Crippen LogP contribution in [0, 0.1) is 5.92 Å². The Bertz CT molecular complexity index is 442. The molecule has 2 rings (SSSR count). The number of nitrogens with two attached hydrogens (primary N) is 1. The molecule has 0 spiro atoms. The highest BCUT2D eigenvalue weighted by atomic mass is 35.5. The molecule has 1 aliphatic carbocycles. The van der Waals surface area contributed by atoms with E-state index < -0.39 is 0 Å². The molecule has 1 aromatic rings. The molecule has 5 nitrogen and oxygen atoms in total. The van der Waals surface area contributed by atoms with Gasteiger partial charge >= 0.3 is 0 Å². The Kier molecular flexibility index (Phi) is 4.99. The second kappa shape index (κ2) is 6.73. The van der Waals surface area contributed by atoms with Gasteiger partial charge in [0, 0.05) is 18.2 Å². The van der Waals surface area contributed by atoms with Crippen LogP contribution in [0.5, 0.6) is 5.88 Å². The molecule has 3 N–H and O–H groups in total. The maximum absolute atomic E-state index is 11.8. The molecule has 6 heteroatoms. The second-order valence-corrected chi connectivity index (χ2v) is 5.11. The number of pyridine rings is 1. The number of ether oxygens (including phenoxy) is 1. The Hall–Kier alpha value is -1.33. The molecule has 0 radical (unpaired) electrons. The van der Waals surface area contributed by atoms with E-state index in [1.54, 1.807) is 18.3 Å². The van der Waals surface area contributed by atoms with Gasteiger partial charge in [-0.2, -0.15) is 0 Å². The van der Waals surface area contributed by atoms with Crippen molar-refractivity contribution in [1.29, 1.82) is 0 Å². The highest BCUT2D eigenvalue weighted by Gasteiger charge is 2.27. The molecule has 1 fully saturated rings. The van der Waals surface area contributed by atoms with Gasteiger partial charge in [0.1, 0.15) is 11.6 Å². The van der Waals surface area contributed by atoms with Crippen molar-refractivity contribution in [3.8, 4) is 5.88 Å². The van der Waals surface area contributed by atoms with Crippen molar-refractivity contribution < 1.29 is 9.53 Å². The molecular formula is C13H18ClN3O2. The van der Waals surface area contributed by atoms with Gasteiger partial charge < -0.3 is 15.8 Å². The van der Waals surface area contributed by atoms with E-state index in [-0.39, 0.29) is 17.9 Å². The van der Waals surface area contributed by atoms with Crippen LogP contribution in [0.3, 0.4) is 0 Å². The molecule has 19 heavy (non-hydrogen) atoms. The molecule has 0 aromatic carbocycles. The Balaban J connectivity index is 1.67. The minimum Gasteiger partial charge on any atom is -0.475 e. The molecule has 0 aliphatic heterocycles. The Labute approximate surface area is 117 Å². The summed E-state index contributed by atoms with van der Waals surface area (Å²) in [6, 6.07) is 3.61. The predicted molar refractivity (Wildman–Crippen MR) is 73.1 cm³/mol. The number of hydrogen-bond donors (Lipinski definition) is 2. The number of nitrogens with one attached hydrogen (secondary N) is 1. The number of carbonyl (C=O) groups excluding carboxylic acids is 1. The van der Waals surface area contributed by atoms with Gasteiger partial charge in [0.2, 0.25) is 11.8 Å². The van der Waals surface area contributed by atoms with Gasteiger partial charge in [-0.1, -0.05) is 11.6 Å². The van der Waals surface area contributed by atoms with Gasteiger partial charge in [-0.15, -0.1) is 0 Å². The lowest BCUT2D eigenvalue weighted by molar-refractivity contribution is -0.124. The summed E-state index contributed by atoms with van der Waals surface area (Å²) in [5.74, 6) is 0.499. The molecular weight excluding hydrogens is 266 g/mol. The SMILES string of the molecule is NC1CCC(C(=O)NCCOc2ncccc2Cl)C1. The number of hydrogen-bond acceptors (Lipinski definition) is 4. The van der Waals surface area contributed by atoms with Crippen LogP contribution in [-0.2, 0) is 4.79 Å². The lowest BCUT2D eigenvalue weighted by Crippen LogP contribution is -2.33. The summed E-state index contributed by atoms with van der Waals surface area (Å²) in [6.45, 7) is 0.790. The fourth-order valence-electron chi connectivity index (χ4n) is 2.20. The molecule has 1 aromatic heterocycles. The fourth-order valence-corrected chi connectivity index (χ4v) is 2.37. The summed E-state index contributed by atoms with van der Waals surface area (Å²) in [4.78, 5) is 15.8. The van der Waals surface area contributed by atoms with Crippen molar-refractivity contribution in [3.05, 3.63) is 23.4 Å². The molecule has 2 atom stereocenters. The first-order valence-electron chi connectivity index (χ1n) is 6.43. The van der Waals surface area contributed by atoms with Gasteiger partial charge in [-0.25, -0.2) is 4.98 Å². The number of carbonyl (C=O) groups is 1. The third-order valence-electron chi connectivity index (χ3n) is 3.21. The number of nitrogens with zero attached hydrogens (tertiary/aromatic N) is 1. The first-order valence-corrected chi connectivity index (χ1v) is 6.81. The van der Waals surface area contributed by atoms with Crippen molar-refractivity contribution in [3.63, 3.8) is 0 Å². The molecule has 0 saturated heterocycles. The van der Waals surface area contributed by atoms with Crippen LogP contribution in [-0.4, -0.2) is 30.1 Å². The monoisotopic (exact) mass is 283 g/mol. The van der Waals surface area contributed by atoms with Crippen LogP contribution in [0.25, 0.3) is 0 Å². The van der Waals surface area contributed by atoms with Gasteiger partial charge in [-0.3, -0.25) is 4.79 Å². The maximum atomic E-state index is 11.8. The van der Waals surface area contributed by atoms with Crippen LogP contribution in [0.1, 0.15) is 19.3 Å². The zero-order chi connectivity index (χ0) is 13.7. The normalized spacial score (nSPS) is 22.2. The van der Waals surface area contributed by atoms with Crippen LogP contribution < -0.4 is 15.8 Å². The van der Waals surface area contributed by atoms with Crippen molar-refractivity contribution >= 4 is 17.5 Å². The lowest BCUT2D eigenvalue weighted by atomic mass is 10.1. The summed E-state index contributed by atoms with van der Waals surface area (Å²) < 4.78 is 5.39. The zero-order valence-corrected chi connectivity index (χ0v) is 11.4. The summed E-state index contributed by atoms with van der Waals surface area (Å²) in [6.07, 6.45) is 4.19. The van der Waals surface area contributed by atoms with E-state index in [1.807, 2.05) is 0 Å². The smallest absolute Gasteiger partial charge is 0.232 e. The molecule has 1 amide bonds. The standard InChI is InChI=1S/C13H18ClN3O2/c14-11-2-1-5-17-13(11)19-7-6-16-12(18)9-3-4-10(15)8-9/h1-2,5,9-10H,3-4,6-8,15H2,(H,16,18). The van der Waals surface area contributed by atoms with Gasteiger partial charge in [-0.05, 0) is 31.4 Å². The van der Waals surface area contributed by atoms with Gasteiger partial charge in [0.05, 0.1) is 6.54 Å². The maximum Gasteiger partial charge on any atom is 0.232 e. The highest BCUT2D eigenvalue weighted by Crippen LogP contribution is 2.24. The van der Waals surface area contributed by atoms with E-state index in [1.165, 1.54) is 0 Å². The number of halogens is 1. The Morgan fingerprint density at radius 2 is 2.42 bits per heavy atom. The topological polar surface area (TPSA) is 77.2 Å². The van der Waals surface area contributed by atoms with E-state index in [2.05, 4.69) is 10.3 Å². The van der Waals surface area contributed by atoms with Crippen LogP contribution in [0.15, 0.2) is 18.3 Å². The van der Waals surface area contributed by atoms with Gasteiger partial charge in [0.15, 0.2) is 0 Å². The quantitative estimate of drug-likeness (QED) is 0.800. The first-order chi connectivity index (χ1) is 9.16. The number of rotatable bonds is 5. The second-order valence-electron chi connectivity index (χ2n) is 4.70. The molecule has 104 valence electrons. The van der Waals surface area contributed by atoms with Crippen LogP contribution in [0.4, 0.5) is 0 Å². The lowest BCUT2D eigenvalue weighted by Gasteiger charge is -2.11. The van der Waals surface area contributed by atoms with Crippen molar-refractivity contribution in [2.75, 3.05) is 13.2 Å². The first kappa shape index (κ1) is 14.1. The Morgan fingerprint density at radius 1 is 1.58 bits per heavy atom. The van der Waals surface area contributed by atoms with E-state index in [0.717, 1.165) is 19.3 Å². The summed E-state index contributed by atoms with van der Waals surface area (Å²) in [7, 11) is 0. The van der Waals surface area contributed by atoms with Crippen molar-refractivity contribution in [2.45, 2.75) is 25.3 Å². The minimum atomic E-state index is 0.0495. The Morgan fingerprint density at radius 3 is 3.11 bits per heavy atom. The third kappa shape index (κ3) is 4.08. The van der Waals surface area contributed by atoms with Crippen molar-refractivity contribution in [1.82, 2.24) is 10.3 Å². The molecule has 2 unspecified atom stereocenters. The largest absolute Gasteiger partial charge is 0.475 e. The summed E-state index contributed by atoms with van der Waals surface area (Å²) in [5, 5.41) is 3.31. The van der Waals surface area contributed by atoms with E-state index in [9.17, 15) is 4.79 Å². The van der Waals surface area contributed by atoms with Crippen molar-refractivity contribution in [2.24, 2.45) is 11.7 Å². The van der Waals surface area contributed by atoms with E-state index in [0.29, 0.717) is 24.1 Å². The average Bonchev–Trinajstić information content (AvgIpc) is 2.83. The molecule has 1 aliphatic rings. The van der Waals surface area contributed by atoms with E-state index in [4.69, 9.17) is 22.1 Å². The highest BCUT2D eigenvalue weighted by molar-refractivity contribution is 6.31.